The number of hydrogen-bond acceptors (Lipinski definition) is 9. The SMILES string of the molecule is CCCCCCCCCCCCCCCC(=O)N(C)[C@H](CCCN)C(=O)N[C@H](C)C(=O)CCC(=O)N(C)[C@@H]1C(=O)C[C@@H](C)C(=O)N[C@H](C)Cc2ccc(O)c(c2)-c2cc1ccc2O. The lowest BCUT2D eigenvalue weighted by Crippen LogP contribution is -2.51. The molecule has 0 saturated carbocycles. The Morgan fingerprint density at radius 3 is 1.94 bits per heavy atom. The molecule has 0 unspecified atom stereocenters. The van der Waals surface area contributed by atoms with Crippen molar-refractivity contribution in [2.24, 2.45) is 11.7 Å². The van der Waals surface area contributed by atoms with Crippen molar-refractivity contribution in [3.05, 3.63) is 47.5 Å². The smallest absolute Gasteiger partial charge is 0.243 e. The zero-order valence-electron chi connectivity index (χ0n) is 39.0. The summed E-state index contributed by atoms with van der Waals surface area (Å²) >= 11 is 0. The number of Topliss-reactive ketones (excluding diaryl/α,β-unsaturated/α-hetero) is 2. The van der Waals surface area contributed by atoms with Crippen molar-refractivity contribution < 1.29 is 39.0 Å². The highest BCUT2D eigenvalue weighted by atomic mass is 16.3. The molecular weight excluding hydrogens is 799 g/mol. The van der Waals surface area contributed by atoms with Crippen molar-refractivity contribution in [2.45, 2.75) is 180 Å². The summed E-state index contributed by atoms with van der Waals surface area (Å²) in [5, 5.41) is 27.4. The molecule has 63 heavy (non-hydrogen) atoms. The van der Waals surface area contributed by atoms with Crippen molar-refractivity contribution >= 4 is 35.2 Å². The number of nitrogens with one attached hydrogen (secondary N) is 2. The van der Waals surface area contributed by atoms with E-state index in [1.54, 1.807) is 39.1 Å². The highest BCUT2D eigenvalue weighted by Gasteiger charge is 2.33. The van der Waals surface area contributed by atoms with Crippen molar-refractivity contribution in [3.63, 3.8) is 0 Å². The minimum absolute atomic E-state index is 0.0930. The zero-order valence-corrected chi connectivity index (χ0v) is 39.0. The number of aromatic hydroxyl groups is 2. The topological polar surface area (TPSA) is 199 Å². The summed E-state index contributed by atoms with van der Waals surface area (Å²) in [7, 11) is 3.07. The van der Waals surface area contributed by atoms with Crippen LogP contribution in [0.1, 0.15) is 167 Å². The van der Waals surface area contributed by atoms with Gasteiger partial charge in [-0.3, -0.25) is 28.8 Å². The molecule has 0 radical (unpaired) electrons. The van der Waals surface area contributed by atoms with Gasteiger partial charge >= 0.3 is 0 Å². The Bertz CT molecular complexity index is 1820. The number of hydrogen-bond donors (Lipinski definition) is 5. The number of nitrogens with two attached hydrogens (primary N) is 1. The fraction of sp³-hybridized carbons (Fsp3) is 0.640. The number of benzene rings is 2. The maximum atomic E-state index is 14.0. The monoisotopic (exact) mass is 876 g/mol. The van der Waals surface area contributed by atoms with Crippen LogP contribution in [0.2, 0.25) is 0 Å². The van der Waals surface area contributed by atoms with E-state index in [9.17, 15) is 39.0 Å². The summed E-state index contributed by atoms with van der Waals surface area (Å²) in [6.45, 7) is 7.61. The van der Waals surface area contributed by atoms with Gasteiger partial charge in [0.15, 0.2) is 11.6 Å². The average Bonchev–Trinajstić information content (AvgIpc) is 3.25. The number of ketones is 2. The number of carbonyl (C=O) groups is 6. The van der Waals surface area contributed by atoms with Gasteiger partial charge in [0.2, 0.25) is 23.6 Å². The normalized spacial score (nSPS) is 17.5. The van der Waals surface area contributed by atoms with E-state index in [0.717, 1.165) is 31.2 Å². The van der Waals surface area contributed by atoms with Gasteiger partial charge in [0.1, 0.15) is 23.6 Å². The largest absolute Gasteiger partial charge is 0.507 e. The molecule has 0 saturated heterocycles. The molecule has 13 nitrogen and oxygen atoms in total. The Hall–Kier alpha value is -4.78. The molecule has 1 aliphatic rings. The number of phenols is 2. The van der Waals surface area contributed by atoms with E-state index in [1.165, 1.54) is 92.8 Å². The average molecular weight is 876 g/mol. The van der Waals surface area contributed by atoms with Gasteiger partial charge in [-0.05, 0) is 81.5 Å². The van der Waals surface area contributed by atoms with Crippen molar-refractivity contribution in [1.82, 2.24) is 20.4 Å². The third kappa shape index (κ3) is 17.0. The van der Waals surface area contributed by atoms with Crippen LogP contribution in [-0.4, -0.2) is 94.0 Å². The Morgan fingerprint density at radius 2 is 1.33 bits per heavy atom. The zero-order chi connectivity index (χ0) is 46.5. The molecule has 1 heterocycles. The number of carbonyl (C=O) groups excluding carboxylic acids is 6. The molecule has 5 atom stereocenters. The van der Waals surface area contributed by atoms with Crippen LogP contribution in [0.5, 0.6) is 11.5 Å². The number of rotatable bonds is 25. The van der Waals surface area contributed by atoms with Gasteiger partial charge in [-0.25, -0.2) is 0 Å². The lowest BCUT2D eigenvalue weighted by atomic mass is 9.90. The lowest BCUT2D eigenvalue weighted by Gasteiger charge is -2.30. The van der Waals surface area contributed by atoms with Gasteiger partial charge in [-0.2, -0.15) is 0 Å². The predicted octanol–water partition coefficient (Wildman–Crippen LogP) is 7.82. The number of nitrogens with zero attached hydrogens (tertiary/aromatic N) is 2. The number of unbranched alkanes of at least 4 members (excludes halogenated alkanes) is 12. The molecule has 0 spiro atoms. The van der Waals surface area contributed by atoms with E-state index in [-0.39, 0.29) is 54.2 Å². The van der Waals surface area contributed by atoms with Gasteiger partial charge in [0.05, 0.1) is 6.04 Å². The highest BCUT2D eigenvalue weighted by molar-refractivity contribution is 5.96. The maximum Gasteiger partial charge on any atom is 0.243 e. The lowest BCUT2D eigenvalue weighted by molar-refractivity contribution is -0.141. The third-order valence-corrected chi connectivity index (χ3v) is 12.4. The summed E-state index contributed by atoms with van der Waals surface area (Å²) in [6, 6.07) is 6.23. The van der Waals surface area contributed by atoms with Crippen LogP contribution in [0.25, 0.3) is 11.1 Å². The standard InChI is InChI=1S/C50H77N5O8/c1-7-8-9-10-11-12-13-14-15-16-17-18-19-22-46(60)54(5)41(21-20-29-51)50(63)53-36(4)42(56)27-28-47(61)55(6)48-38-24-26-44(58)40(33-38)39-32-37(23-25-43(39)57)31-35(3)52-49(62)34(2)30-45(48)59/h23-26,32-36,41,48,57-58H,7-22,27-31,51H2,1-6H3,(H,52,62)(H,53,63)/t34-,35-,36-,41-,48+/m1/s1. The Balaban J connectivity index is 1.60. The highest BCUT2D eigenvalue weighted by Crippen LogP contribution is 2.39. The van der Waals surface area contributed by atoms with Gasteiger partial charge in [0.25, 0.3) is 0 Å². The quantitative estimate of drug-likeness (QED) is 0.0617. The number of amides is 4. The van der Waals surface area contributed by atoms with E-state index in [0.29, 0.717) is 43.4 Å². The number of likely N-dealkylation sites (N-methyl/N-ethyl adjacent to an activating group) is 2. The number of phenolic OH excluding ortho intramolecular Hbond substituents is 2. The van der Waals surface area contributed by atoms with Crippen LogP contribution >= 0.6 is 0 Å². The Labute approximate surface area is 376 Å². The first-order valence-electron chi connectivity index (χ1n) is 23.6. The molecule has 4 bridgehead atoms. The summed E-state index contributed by atoms with van der Waals surface area (Å²) in [4.78, 5) is 83.9. The molecular formula is C50H77N5O8. The van der Waals surface area contributed by atoms with E-state index in [2.05, 4.69) is 17.6 Å². The molecule has 0 aliphatic carbocycles. The molecule has 3 rings (SSSR count). The first-order valence-corrected chi connectivity index (χ1v) is 23.6. The summed E-state index contributed by atoms with van der Waals surface area (Å²) in [5.41, 5.74) is 7.54. The fourth-order valence-corrected chi connectivity index (χ4v) is 8.40. The van der Waals surface area contributed by atoms with Gasteiger partial charge in [-0.1, -0.05) is 103 Å². The van der Waals surface area contributed by atoms with E-state index < -0.39 is 47.4 Å². The number of fused-ring (bicyclic) bond motifs is 5. The Morgan fingerprint density at radius 1 is 0.762 bits per heavy atom. The molecule has 4 amide bonds. The minimum Gasteiger partial charge on any atom is -0.507 e. The molecule has 2 aromatic rings. The van der Waals surface area contributed by atoms with Crippen molar-refractivity contribution in [3.8, 4) is 22.6 Å². The summed E-state index contributed by atoms with van der Waals surface area (Å²) in [6.07, 6.45) is 16.6. The van der Waals surface area contributed by atoms with Crippen molar-refractivity contribution in [2.75, 3.05) is 20.6 Å². The molecule has 6 N–H and O–H groups in total. The molecule has 350 valence electrons. The molecule has 13 heteroatoms. The van der Waals surface area contributed by atoms with E-state index in [1.807, 2.05) is 6.92 Å². The van der Waals surface area contributed by atoms with Gasteiger partial charge in [-0.15, -0.1) is 0 Å². The maximum absolute atomic E-state index is 14.0. The van der Waals surface area contributed by atoms with Gasteiger partial charge in [0, 0.05) is 62.9 Å². The first kappa shape index (κ1) is 52.6. The molecule has 2 aromatic carbocycles. The van der Waals surface area contributed by atoms with Crippen LogP contribution < -0.4 is 16.4 Å². The van der Waals surface area contributed by atoms with E-state index >= 15 is 0 Å². The first-order chi connectivity index (χ1) is 30.1. The second-order valence-corrected chi connectivity index (χ2v) is 17.9. The van der Waals surface area contributed by atoms with Crippen LogP contribution in [0.4, 0.5) is 0 Å². The van der Waals surface area contributed by atoms with Crippen LogP contribution in [0.15, 0.2) is 36.4 Å². The summed E-state index contributed by atoms with van der Waals surface area (Å²) < 4.78 is 0. The predicted molar refractivity (Wildman–Crippen MR) is 248 cm³/mol. The van der Waals surface area contributed by atoms with Crippen molar-refractivity contribution in [1.29, 1.82) is 0 Å². The fourth-order valence-electron chi connectivity index (χ4n) is 8.40. The van der Waals surface area contributed by atoms with Crippen LogP contribution in [0.3, 0.4) is 0 Å². The Kier molecular flexibility index (Phi) is 22.9. The minimum atomic E-state index is -1.18. The third-order valence-electron chi connectivity index (χ3n) is 12.4. The summed E-state index contributed by atoms with van der Waals surface area (Å²) in [5.74, 6) is -3.20. The second-order valence-electron chi connectivity index (χ2n) is 17.9. The van der Waals surface area contributed by atoms with E-state index in [4.69, 9.17) is 5.73 Å². The molecule has 0 fully saturated rings. The molecule has 1 aliphatic heterocycles. The second kappa shape index (κ2) is 27.4. The van der Waals surface area contributed by atoms with Gasteiger partial charge < -0.3 is 36.4 Å². The van der Waals surface area contributed by atoms with Crippen LogP contribution in [-0.2, 0) is 35.2 Å². The molecule has 0 aromatic heterocycles. The van der Waals surface area contributed by atoms with Crippen LogP contribution in [0, 0.1) is 5.92 Å².